The van der Waals surface area contributed by atoms with E-state index in [1.807, 2.05) is 0 Å². The van der Waals surface area contributed by atoms with E-state index < -0.39 is 52.9 Å². The first-order valence-electron chi connectivity index (χ1n) is 11.7. The number of benzene rings is 1. The Morgan fingerprint density at radius 1 is 1.18 bits per heavy atom. The zero-order valence-corrected chi connectivity index (χ0v) is 21.3. The average Bonchev–Trinajstić information content (AvgIpc) is 3.46. The van der Waals surface area contributed by atoms with Gasteiger partial charge in [-0.05, 0) is 36.8 Å². The van der Waals surface area contributed by atoms with E-state index in [4.69, 9.17) is 17.3 Å². The Hall–Kier alpha value is -4.33. The van der Waals surface area contributed by atoms with Crippen LogP contribution in [0.25, 0.3) is 16.8 Å². The predicted octanol–water partition coefficient (Wildman–Crippen LogP) is 4.09. The summed E-state index contributed by atoms with van der Waals surface area (Å²) in [6.07, 6.45) is -2.93. The number of nitrogen functional groups attached to an aromatic ring is 1. The van der Waals surface area contributed by atoms with Crippen molar-refractivity contribution in [3.8, 4) is 11.3 Å². The first-order chi connectivity index (χ1) is 18.9. The molecule has 0 unspecified atom stereocenters. The number of nitrogens with one attached hydrogen (secondary N) is 1. The molecule has 0 aliphatic carbocycles. The van der Waals surface area contributed by atoms with Gasteiger partial charge in [0.25, 0.3) is 11.8 Å². The molecule has 3 N–H and O–H groups in total. The number of pyridine rings is 1. The molecule has 2 amide bonds. The Balaban J connectivity index is 1.45. The van der Waals surface area contributed by atoms with Crippen LogP contribution in [0.1, 0.15) is 31.8 Å². The maximum absolute atomic E-state index is 15.1. The van der Waals surface area contributed by atoms with Gasteiger partial charge in [0, 0.05) is 30.1 Å². The van der Waals surface area contributed by atoms with Crippen LogP contribution in [0.3, 0.4) is 0 Å². The zero-order chi connectivity index (χ0) is 28.9. The van der Waals surface area contributed by atoms with Crippen molar-refractivity contribution in [1.82, 2.24) is 29.8 Å². The monoisotopic (exact) mass is 579 g/mol. The summed E-state index contributed by atoms with van der Waals surface area (Å²) in [5, 5.41) is 6.39. The number of rotatable bonds is 4. The van der Waals surface area contributed by atoms with Crippen molar-refractivity contribution in [3.63, 3.8) is 0 Å². The number of aryl methyl sites for hydroxylation is 1. The van der Waals surface area contributed by atoms with E-state index in [-0.39, 0.29) is 46.1 Å². The van der Waals surface area contributed by atoms with Gasteiger partial charge >= 0.3 is 6.18 Å². The molecule has 1 saturated heterocycles. The third kappa shape index (κ3) is 4.78. The number of hydrogen-bond acceptors (Lipinski definition) is 6. The molecule has 5 rings (SSSR count). The molecule has 4 aromatic rings. The molecule has 4 heterocycles. The number of nitrogens with two attached hydrogens (primary N) is 1. The third-order valence-electron chi connectivity index (χ3n) is 6.58. The first-order valence-corrected chi connectivity index (χ1v) is 12.1. The lowest BCUT2D eigenvalue weighted by atomic mass is 10.0. The van der Waals surface area contributed by atoms with Crippen molar-refractivity contribution in [1.29, 1.82) is 0 Å². The number of aromatic nitrogens is 4. The second-order valence-electron chi connectivity index (χ2n) is 9.16. The van der Waals surface area contributed by atoms with Gasteiger partial charge in [0.1, 0.15) is 23.8 Å². The summed E-state index contributed by atoms with van der Waals surface area (Å²) >= 11 is 6.02. The number of anilines is 1. The number of halogens is 6. The predicted molar refractivity (Wildman–Crippen MR) is 134 cm³/mol. The normalized spacial score (nSPS) is 17.4. The van der Waals surface area contributed by atoms with Gasteiger partial charge in [-0.25, -0.2) is 18.3 Å². The van der Waals surface area contributed by atoms with Crippen molar-refractivity contribution >= 4 is 34.7 Å². The molecule has 1 aliphatic rings. The third-order valence-corrected chi connectivity index (χ3v) is 6.88. The second-order valence-corrected chi connectivity index (χ2v) is 9.56. The Bertz CT molecular complexity index is 1660. The van der Waals surface area contributed by atoms with Crippen LogP contribution < -0.4 is 11.1 Å². The van der Waals surface area contributed by atoms with Crippen molar-refractivity contribution in [2.75, 3.05) is 18.8 Å². The quantitative estimate of drug-likeness (QED) is 0.352. The van der Waals surface area contributed by atoms with Crippen molar-refractivity contribution in [3.05, 3.63) is 76.1 Å². The summed E-state index contributed by atoms with van der Waals surface area (Å²) in [5.41, 5.74) is 3.38. The molecule has 0 radical (unpaired) electrons. The van der Waals surface area contributed by atoms with E-state index in [0.29, 0.717) is 6.07 Å². The van der Waals surface area contributed by atoms with Crippen LogP contribution in [-0.2, 0) is 6.18 Å². The summed E-state index contributed by atoms with van der Waals surface area (Å²) < 4.78 is 71.9. The van der Waals surface area contributed by atoms with Crippen molar-refractivity contribution < 1.29 is 31.5 Å². The number of nitrogens with zero attached hydrogens (tertiary/aromatic N) is 5. The van der Waals surface area contributed by atoms with Crippen LogP contribution in [0.4, 0.5) is 27.8 Å². The maximum Gasteiger partial charge on any atom is 0.418 e. The van der Waals surface area contributed by atoms with Crippen molar-refractivity contribution in [2.24, 2.45) is 0 Å². The van der Waals surface area contributed by atoms with Crippen LogP contribution in [-0.4, -0.2) is 61.6 Å². The SMILES string of the molecule is Cc1cc(F)c(-c2cc(C(F)(F)F)c3c(N)ncnn23)cc1C(=O)N[C@@H]1CN(C(=O)c2ccncc2Cl)C[C@@H]1F. The van der Waals surface area contributed by atoms with Gasteiger partial charge in [0.2, 0.25) is 0 Å². The first kappa shape index (κ1) is 27.2. The Morgan fingerprint density at radius 2 is 1.93 bits per heavy atom. The van der Waals surface area contributed by atoms with Crippen LogP contribution >= 0.6 is 11.6 Å². The molecule has 0 spiro atoms. The number of carbonyl (C=O) groups is 2. The number of amides is 2. The smallest absolute Gasteiger partial charge is 0.382 e. The lowest BCUT2D eigenvalue weighted by molar-refractivity contribution is -0.136. The van der Waals surface area contributed by atoms with Crippen molar-refractivity contribution in [2.45, 2.75) is 25.3 Å². The molecule has 1 fully saturated rings. The Labute approximate surface area is 227 Å². The summed E-state index contributed by atoms with van der Waals surface area (Å²) in [4.78, 5) is 34.6. The van der Waals surface area contributed by atoms with E-state index in [9.17, 15) is 27.2 Å². The average molecular weight is 580 g/mol. The number of hydrogen-bond donors (Lipinski definition) is 2. The topological polar surface area (TPSA) is 119 Å². The van der Waals surface area contributed by atoms with Crippen LogP contribution in [0.5, 0.6) is 0 Å². The fraction of sp³-hybridized carbons (Fsp3) is 0.240. The highest BCUT2D eigenvalue weighted by molar-refractivity contribution is 6.33. The molecular formula is C25H19ClF5N7O2. The molecule has 2 atom stereocenters. The molecular weight excluding hydrogens is 561 g/mol. The second kappa shape index (κ2) is 10.0. The summed E-state index contributed by atoms with van der Waals surface area (Å²) in [5.74, 6) is -2.75. The Kier molecular flexibility index (Phi) is 6.82. The Morgan fingerprint density at radius 3 is 2.62 bits per heavy atom. The molecule has 0 bridgehead atoms. The van der Waals surface area contributed by atoms with Gasteiger partial charge in [0.15, 0.2) is 5.82 Å². The minimum Gasteiger partial charge on any atom is -0.382 e. The lowest BCUT2D eigenvalue weighted by Crippen LogP contribution is -2.42. The van der Waals surface area contributed by atoms with Gasteiger partial charge in [0.05, 0.1) is 34.4 Å². The maximum atomic E-state index is 15.1. The van der Waals surface area contributed by atoms with Gasteiger partial charge in [-0.15, -0.1) is 0 Å². The van der Waals surface area contributed by atoms with Crippen LogP contribution in [0, 0.1) is 12.7 Å². The fourth-order valence-electron chi connectivity index (χ4n) is 4.62. The number of fused-ring (bicyclic) bond motifs is 1. The summed E-state index contributed by atoms with van der Waals surface area (Å²) in [7, 11) is 0. The molecule has 15 heteroatoms. The number of likely N-dealkylation sites (tertiary alicyclic amines) is 1. The molecule has 1 aliphatic heterocycles. The standard InChI is InChI=1S/C25H19ClF5N7O2/c1-11-4-17(27)14(20-6-15(25(29,30)31)21-22(32)34-10-35-38(20)21)5-13(11)23(39)36-19-9-37(8-18(19)28)24(40)12-2-3-33-7-16(12)26/h2-7,10,18-19H,8-9H2,1H3,(H,36,39)(H2,32,34,35)/t18-,19+/m0/s1. The molecule has 0 saturated carbocycles. The van der Waals surface area contributed by atoms with E-state index in [0.717, 1.165) is 23.0 Å². The number of alkyl halides is 4. The highest BCUT2D eigenvalue weighted by atomic mass is 35.5. The van der Waals surface area contributed by atoms with E-state index >= 15 is 4.39 Å². The van der Waals surface area contributed by atoms with E-state index in [2.05, 4.69) is 20.4 Å². The summed E-state index contributed by atoms with van der Waals surface area (Å²) in [6.45, 7) is 0.932. The van der Waals surface area contributed by atoms with Gasteiger partial charge in [-0.1, -0.05) is 11.6 Å². The molecule has 40 heavy (non-hydrogen) atoms. The highest BCUT2D eigenvalue weighted by Gasteiger charge is 2.39. The van der Waals surface area contributed by atoms with E-state index in [1.54, 1.807) is 0 Å². The minimum atomic E-state index is -4.86. The fourth-order valence-corrected chi connectivity index (χ4v) is 4.82. The minimum absolute atomic E-state index is 0.0865. The van der Waals surface area contributed by atoms with E-state index in [1.165, 1.54) is 30.3 Å². The molecule has 3 aromatic heterocycles. The van der Waals surface area contributed by atoms with Crippen LogP contribution in [0.2, 0.25) is 5.02 Å². The van der Waals surface area contributed by atoms with Gasteiger partial charge in [-0.2, -0.15) is 18.3 Å². The zero-order valence-electron chi connectivity index (χ0n) is 20.5. The lowest BCUT2D eigenvalue weighted by Gasteiger charge is -2.18. The highest BCUT2D eigenvalue weighted by Crippen LogP contribution is 2.39. The molecule has 208 valence electrons. The van der Waals surface area contributed by atoms with Gasteiger partial charge in [-0.3, -0.25) is 14.6 Å². The number of carbonyl (C=O) groups excluding carboxylic acids is 2. The van der Waals surface area contributed by atoms with Gasteiger partial charge < -0.3 is 16.0 Å². The molecule has 1 aromatic carbocycles. The molecule has 9 nitrogen and oxygen atoms in total. The largest absolute Gasteiger partial charge is 0.418 e. The summed E-state index contributed by atoms with van der Waals surface area (Å²) in [6, 6.07) is 2.98. The van der Waals surface area contributed by atoms with Crippen LogP contribution in [0.15, 0.2) is 43.0 Å².